The van der Waals surface area contributed by atoms with Crippen molar-refractivity contribution in [3.05, 3.63) is 94.0 Å². The van der Waals surface area contributed by atoms with E-state index in [0.29, 0.717) is 11.1 Å². The zero-order valence-electron chi connectivity index (χ0n) is 17.8. The minimum absolute atomic E-state index is 0.127. The van der Waals surface area contributed by atoms with E-state index in [0.717, 1.165) is 11.0 Å². The van der Waals surface area contributed by atoms with Gasteiger partial charge in [0.25, 0.3) is 5.69 Å². The largest absolute Gasteiger partial charge is 0.443 e. The van der Waals surface area contributed by atoms with Gasteiger partial charge in [0.2, 0.25) is 0 Å². The molecule has 166 valence electrons. The molecule has 0 aliphatic heterocycles. The molecule has 0 aliphatic rings. The normalized spacial score (nSPS) is 11.2. The van der Waals surface area contributed by atoms with Gasteiger partial charge in [0, 0.05) is 0 Å². The van der Waals surface area contributed by atoms with E-state index in [1.807, 2.05) is 0 Å². The summed E-state index contributed by atoms with van der Waals surface area (Å²) in [5, 5.41) is 11.6. The van der Waals surface area contributed by atoms with Gasteiger partial charge in [0.1, 0.15) is 11.4 Å². The highest BCUT2D eigenvalue weighted by Gasteiger charge is 2.29. The Morgan fingerprint density at radius 2 is 1.66 bits per heavy atom. The number of carbonyl (C=O) groups is 1. The molecule has 3 rings (SSSR count). The quantitative estimate of drug-likeness (QED) is 0.336. The molecule has 0 bridgehead atoms. The maximum Gasteiger partial charge on any atom is 0.415 e. The summed E-state index contributed by atoms with van der Waals surface area (Å²) in [7, 11) is 0. The van der Waals surface area contributed by atoms with E-state index in [2.05, 4.69) is 0 Å². The van der Waals surface area contributed by atoms with Crippen molar-refractivity contribution in [1.29, 1.82) is 0 Å². The van der Waals surface area contributed by atoms with Crippen molar-refractivity contribution < 1.29 is 23.2 Å². The fourth-order valence-corrected chi connectivity index (χ4v) is 3.10. The number of ether oxygens (including phenoxy) is 1. The summed E-state index contributed by atoms with van der Waals surface area (Å²) in [6.45, 7) is 4.88. The molecule has 8 heteroatoms. The fraction of sp³-hybridized carbons (Fsp3) is 0.208. The first-order valence-electron chi connectivity index (χ1n) is 9.83. The second-order valence-corrected chi connectivity index (χ2v) is 8.14. The number of amides is 1. The number of anilines is 1. The molecule has 1 amide bonds. The van der Waals surface area contributed by atoms with Crippen LogP contribution in [-0.2, 0) is 11.3 Å². The van der Waals surface area contributed by atoms with Crippen molar-refractivity contribution in [2.75, 3.05) is 4.90 Å². The summed E-state index contributed by atoms with van der Waals surface area (Å²) in [5.41, 5.74) is -0.309. The number of nitro groups is 1. The summed E-state index contributed by atoms with van der Waals surface area (Å²) in [6.07, 6.45) is -0.839. The molecule has 0 radical (unpaired) electrons. The van der Waals surface area contributed by atoms with E-state index in [9.17, 15) is 19.3 Å². The van der Waals surface area contributed by atoms with Gasteiger partial charge in [-0.05, 0) is 50.1 Å². The molecule has 0 fully saturated rings. The molecule has 6 nitrogen and oxygen atoms in total. The first-order valence-corrected chi connectivity index (χ1v) is 9.83. The standard InChI is InChI=1S/C24H22F2N2O4/c1-24(2,3)32-23(29)27(15-16-9-11-18(25)12-10-16)22-13-19(17-7-5-4-6-8-17)21(28(30)31)14-20(22)26/h4-14H,15H2,1-3H3. The molecule has 3 aromatic rings. The Kier molecular flexibility index (Phi) is 6.53. The first kappa shape index (κ1) is 22.9. The van der Waals surface area contributed by atoms with Crippen LogP contribution >= 0.6 is 0 Å². The van der Waals surface area contributed by atoms with Crippen LogP contribution in [0, 0.1) is 21.7 Å². The molecule has 32 heavy (non-hydrogen) atoms. The Labute approximate surface area is 184 Å². The van der Waals surface area contributed by atoms with Crippen molar-refractivity contribution in [1.82, 2.24) is 0 Å². The van der Waals surface area contributed by atoms with E-state index in [1.54, 1.807) is 51.1 Å². The molecule has 0 saturated heterocycles. The summed E-state index contributed by atoms with van der Waals surface area (Å²) < 4.78 is 33.9. The number of hydrogen-bond donors (Lipinski definition) is 0. The Morgan fingerprint density at radius 3 is 2.22 bits per heavy atom. The molecule has 0 atom stereocenters. The van der Waals surface area contributed by atoms with Gasteiger partial charge in [-0.15, -0.1) is 0 Å². The van der Waals surface area contributed by atoms with E-state index < -0.39 is 33.9 Å². The lowest BCUT2D eigenvalue weighted by Crippen LogP contribution is -2.37. The van der Waals surface area contributed by atoms with Crippen LogP contribution in [0.15, 0.2) is 66.7 Å². The second kappa shape index (κ2) is 9.13. The monoisotopic (exact) mass is 440 g/mol. The number of benzene rings is 3. The highest BCUT2D eigenvalue weighted by atomic mass is 19.1. The van der Waals surface area contributed by atoms with Gasteiger partial charge in [0.05, 0.1) is 28.8 Å². The van der Waals surface area contributed by atoms with Gasteiger partial charge in [0.15, 0.2) is 5.82 Å². The van der Waals surface area contributed by atoms with Crippen LogP contribution in [0.5, 0.6) is 0 Å². The van der Waals surface area contributed by atoms with Gasteiger partial charge < -0.3 is 4.74 Å². The third-order valence-electron chi connectivity index (χ3n) is 4.51. The van der Waals surface area contributed by atoms with E-state index >= 15 is 4.39 Å². The molecule has 3 aromatic carbocycles. The van der Waals surface area contributed by atoms with Crippen LogP contribution in [-0.4, -0.2) is 16.6 Å². The van der Waals surface area contributed by atoms with Crippen LogP contribution in [0.2, 0.25) is 0 Å². The number of hydrogen-bond acceptors (Lipinski definition) is 4. The van der Waals surface area contributed by atoms with Crippen LogP contribution in [0.1, 0.15) is 26.3 Å². The summed E-state index contributed by atoms with van der Waals surface area (Å²) >= 11 is 0. The lowest BCUT2D eigenvalue weighted by atomic mass is 10.0. The Balaban J connectivity index is 2.15. The van der Waals surface area contributed by atoms with Gasteiger partial charge in [-0.1, -0.05) is 42.5 Å². The summed E-state index contributed by atoms with van der Waals surface area (Å²) in [4.78, 5) is 24.9. The number of carbonyl (C=O) groups excluding carboxylic acids is 1. The lowest BCUT2D eigenvalue weighted by molar-refractivity contribution is -0.384. The number of rotatable bonds is 5. The fourth-order valence-electron chi connectivity index (χ4n) is 3.10. The number of nitrogens with zero attached hydrogens (tertiary/aromatic N) is 2. The highest BCUT2D eigenvalue weighted by molar-refractivity contribution is 5.90. The Morgan fingerprint density at radius 1 is 1.03 bits per heavy atom. The van der Waals surface area contributed by atoms with E-state index in [1.165, 1.54) is 30.3 Å². The molecular weight excluding hydrogens is 418 g/mol. The SMILES string of the molecule is CC(C)(C)OC(=O)N(Cc1ccc(F)cc1)c1cc(-c2ccccc2)c([N+](=O)[O-])cc1F. The second-order valence-electron chi connectivity index (χ2n) is 8.14. The first-order chi connectivity index (χ1) is 15.0. The van der Waals surface area contributed by atoms with Crippen LogP contribution in [0.25, 0.3) is 11.1 Å². The maximum atomic E-state index is 15.1. The van der Waals surface area contributed by atoms with Gasteiger partial charge in [-0.25, -0.2) is 13.6 Å². The Bertz CT molecular complexity index is 1130. The summed E-state index contributed by atoms with van der Waals surface area (Å²) in [6, 6.07) is 15.9. The van der Waals surface area contributed by atoms with Gasteiger partial charge in [-0.3, -0.25) is 15.0 Å². The molecule has 0 heterocycles. The minimum Gasteiger partial charge on any atom is -0.443 e. The zero-order valence-corrected chi connectivity index (χ0v) is 17.8. The van der Waals surface area contributed by atoms with Crippen molar-refractivity contribution >= 4 is 17.5 Å². The minimum atomic E-state index is -0.954. The zero-order chi connectivity index (χ0) is 23.5. The lowest BCUT2D eigenvalue weighted by Gasteiger charge is -2.28. The molecule has 0 spiro atoms. The molecule has 0 N–H and O–H groups in total. The number of halogens is 2. The molecule has 0 unspecified atom stereocenters. The van der Waals surface area contributed by atoms with E-state index in [4.69, 9.17) is 4.74 Å². The van der Waals surface area contributed by atoms with Gasteiger partial charge in [-0.2, -0.15) is 0 Å². The topological polar surface area (TPSA) is 72.7 Å². The van der Waals surface area contributed by atoms with E-state index in [-0.39, 0.29) is 17.8 Å². The van der Waals surface area contributed by atoms with Crippen LogP contribution in [0.3, 0.4) is 0 Å². The van der Waals surface area contributed by atoms with Crippen LogP contribution in [0.4, 0.5) is 25.0 Å². The maximum absolute atomic E-state index is 15.1. The predicted molar refractivity (Wildman–Crippen MR) is 117 cm³/mol. The molecule has 0 aliphatic carbocycles. The predicted octanol–water partition coefficient (Wildman–Crippen LogP) is 6.48. The third kappa shape index (κ3) is 5.46. The molecule has 0 aromatic heterocycles. The van der Waals surface area contributed by atoms with Crippen molar-refractivity contribution in [3.8, 4) is 11.1 Å². The van der Waals surface area contributed by atoms with Gasteiger partial charge >= 0.3 is 6.09 Å². The van der Waals surface area contributed by atoms with Crippen molar-refractivity contribution in [2.24, 2.45) is 0 Å². The average molecular weight is 440 g/mol. The van der Waals surface area contributed by atoms with Crippen molar-refractivity contribution in [2.45, 2.75) is 32.9 Å². The highest BCUT2D eigenvalue weighted by Crippen LogP contribution is 2.36. The van der Waals surface area contributed by atoms with Crippen LogP contribution < -0.4 is 4.90 Å². The smallest absolute Gasteiger partial charge is 0.415 e. The number of nitro benzene ring substituents is 1. The molecule has 0 saturated carbocycles. The molecular formula is C24H22F2N2O4. The average Bonchev–Trinajstić information content (AvgIpc) is 2.72. The third-order valence-corrected chi connectivity index (χ3v) is 4.51. The Hall–Kier alpha value is -3.81. The van der Waals surface area contributed by atoms with Crippen molar-refractivity contribution in [3.63, 3.8) is 0 Å². The summed E-state index contributed by atoms with van der Waals surface area (Å²) in [5.74, 6) is -1.41.